The molecule has 0 aromatic carbocycles. The maximum atomic E-state index is 11.0. The zero-order chi connectivity index (χ0) is 11.4. The van der Waals surface area contributed by atoms with Gasteiger partial charge in [-0.15, -0.1) is 11.3 Å². The summed E-state index contributed by atoms with van der Waals surface area (Å²) in [7, 11) is 0. The first-order valence-electron chi connectivity index (χ1n) is 5.14. The average molecular weight is 227 g/mol. The molecule has 4 heteroatoms. The summed E-state index contributed by atoms with van der Waals surface area (Å²) in [6.45, 7) is 5.88. The largest absolute Gasteiger partial charge is 0.481 e. The van der Waals surface area contributed by atoms with Crippen LogP contribution < -0.4 is 0 Å². The molecule has 0 saturated heterocycles. The van der Waals surface area contributed by atoms with Crippen LogP contribution >= 0.6 is 11.3 Å². The monoisotopic (exact) mass is 227 g/mol. The number of carboxylic acid groups (broad SMARTS) is 1. The van der Waals surface area contributed by atoms with Gasteiger partial charge in [0.05, 0.1) is 17.1 Å². The number of rotatable bonds is 5. The van der Waals surface area contributed by atoms with Crippen LogP contribution in [0.4, 0.5) is 0 Å². The van der Waals surface area contributed by atoms with E-state index in [1.807, 2.05) is 26.3 Å². The summed E-state index contributed by atoms with van der Waals surface area (Å²) < 4.78 is 0. The lowest BCUT2D eigenvalue weighted by Gasteiger charge is -2.15. The van der Waals surface area contributed by atoms with E-state index >= 15 is 0 Å². The van der Waals surface area contributed by atoms with Gasteiger partial charge in [0.2, 0.25) is 0 Å². The molecule has 1 aromatic heterocycles. The zero-order valence-electron chi connectivity index (χ0n) is 9.36. The molecular weight excluding hydrogens is 210 g/mol. The third-order valence-corrected chi connectivity index (χ3v) is 3.64. The fraction of sp³-hybridized carbons (Fsp3) is 0.636. The summed E-state index contributed by atoms with van der Waals surface area (Å²) in [6, 6.07) is 0. The normalized spacial score (nSPS) is 13.1. The van der Waals surface area contributed by atoms with Crippen LogP contribution in [0.3, 0.4) is 0 Å². The number of carboxylic acids is 1. The number of carbonyl (C=O) groups is 1. The van der Waals surface area contributed by atoms with Gasteiger partial charge in [-0.1, -0.05) is 13.8 Å². The van der Waals surface area contributed by atoms with Gasteiger partial charge in [0, 0.05) is 4.88 Å². The molecular formula is C11H17NO2S. The molecule has 0 amide bonds. The molecule has 1 aromatic rings. The van der Waals surface area contributed by atoms with E-state index in [0.29, 0.717) is 6.42 Å². The summed E-state index contributed by atoms with van der Waals surface area (Å²) in [5.74, 6) is -0.741. The van der Waals surface area contributed by atoms with Gasteiger partial charge in [0.1, 0.15) is 0 Å². The first kappa shape index (κ1) is 12.2. The second-order valence-electron chi connectivity index (χ2n) is 4.09. The topological polar surface area (TPSA) is 50.2 Å². The van der Waals surface area contributed by atoms with Crippen LogP contribution in [-0.4, -0.2) is 16.1 Å². The number of hydrogen-bond donors (Lipinski definition) is 1. The molecule has 1 atom stereocenters. The summed E-state index contributed by atoms with van der Waals surface area (Å²) in [5.41, 5.74) is 2.85. The van der Waals surface area contributed by atoms with Gasteiger partial charge in [-0.3, -0.25) is 4.79 Å². The van der Waals surface area contributed by atoms with Crippen molar-refractivity contribution in [3.05, 3.63) is 16.1 Å². The lowest BCUT2D eigenvalue weighted by molar-refractivity contribution is -0.143. The van der Waals surface area contributed by atoms with E-state index in [2.05, 4.69) is 4.98 Å². The quantitative estimate of drug-likeness (QED) is 0.841. The molecule has 0 saturated carbocycles. The highest BCUT2D eigenvalue weighted by Crippen LogP contribution is 2.21. The molecule has 0 spiro atoms. The minimum absolute atomic E-state index is 0.190. The van der Waals surface area contributed by atoms with Gasteiger partial charge in [-0.25, -0.2) is 4.98 Å². The van der Waals surface area contributed by atoms with E-state index in [4.69, 9.17) is 5.11 Å². The Hall–Kier alpha value is -0.900. The third kappa shape index (κ3) is 3.30. The van der Waals surface area contributed by atoms with Gasteiger partial charge in [0.25, 0.3) is 0 Å². The molecule has 0 radical (unpaired) electrons. The van der Waals surface area contributed by atoms with Crippen molar-refractivity contribution in [2.75, 3.05) is 0 Å². The number of thiazole rings is 1. The zero-order valence-corrected chi connectivity index (χ0v) is 10.2. The van der Waals surface area contributed by atoms with Crippen LogP contribution in [0.2, 0.25) is 0 Å². The summed E-state index contributed by atoms with van der Waals surface area (Å²) in [6.07, 6.45) is 1.53. The SMILES string of the molecule is Cc1ncsc1CCC(C(=O)O)C(C)C. The molecule has 0 aliphatic heterocycles. The van der Waals surface area contributed by atoms with Crippen LogP contribution in [0.1, 0.15) is 30.8 Å². The highest BCUT2D eigenvalue weighted by atomic mass is 32.1. The van der Waals surface area contributed by atoms with Crippen LogP contribution in [0.5, 0.6) is 0 Å². The number of aromatic nitrogens is 1. The van der Waals surface area contributed by atoms with Gasteiger partial charge in [-0.2, -0.15) is 0 Å². The smallest absolute Gasteiger partial charge is 0.306 e. The highest BCUT2D eigenvalue weighted by molar-refractivity contribution is 7.09. The van der Waals surface area contributed by atoms with E-state index in [1.165, 1.54) is 4.88 Å². The molecule has 0 aliphatic carbocycles. The third-order valence-electron chi connectivity index (χ3n) is 2.65. The van der Waals surface area contributed by atoms with Crippen molar-refractivity contribution in [3.8, 4) is 0 Å². The maximum Gasteiger partial charge on any atom is 0.306 e. The molecule has 0 bridgehead atoms. The lowest BCUT2D eigenvalue weighted by Crippen LogP contribution is -2.20. The second kappa shape index (κ2) is 5.26. The number of hydrogen-bond acceptors (Lipinski definition) is 3. The average Bonchev–Trinajstić information content (AvgIpc) is 2.51. The molecule has 1 rings (SSSR count). The molecule has 0 fully saturated rings. The van der Waals surface area contributed by atoms with Crippen molar-refractivity contribution in [2.24, 2.45) is 11.8 Å². The van der Waals surface area contributed by atoms with Crippen LogP contribution in [0.15, 0.2) is 5.51 Å². The molecule has 0 aliphatic rings. The van der Waals surface area contributed by atoms with Crippen LogP contribution in [0, 0.1) is 18.8 Å². The standard InChI is InChI=1S/C11H17NO2S/c1-7(2)9(11(13)14)4-5-10-8(3)12-6-15-10/h6-7,9H,4-5H2,1-3H3,(H,13,14). The molecule has 84 valence electrons. The minimum atomic E-state index is -0.688. The molecule has 1 unspecified atom stereocenters. The van der Waals surface area contributed by atoms with E-state index in [9.17, 15) is 4.79 Å². The molecule has 15 heavy (non-hydrogen) atoms. The Morgan fingerprint density at radius 3 is 2.67 bits per heavy atom. The Morgan fingerprint density at radius 1 is 1.60 bits per heavy atom. The minimum Gasteiger partial charge on any atom is -0.481 e. The molecule has 3 nitrogen and oxygen atoms in total. The second-order valence-corrected chi connectivity index (χ2v) is 5.03. The first-order valence-corrected chi connectivity index (χ1v) is 6.02. The Balaban J connectivity index is 2.55. The molecule has 1 heterocycles. The van der Waals surface area contributed by atoms with Gasteiger partial charge in [0.15, 0.2) is 0 Å². The Morgan fingerprint density at radius 2 is 2.27 bits per heavy atom. The van der Waals surface area contributed by atoms with Gasteiger partial charge in [-0.05, 0) is 25.7 Å². The maximum absolute atomic E-state index is 11.0. The first-order chi connectivity index (χ1) is 7.02. The Kier molecular flexibility index (Phi) is 4.27. The summed E-state index contributed by atoms with van der Waals surface area (Å²) >= 11 is 1.61. The van der Waals surface area contributed by atoms with Crippen molar-refractivity contribution in [2.45, 2.75) is 33.6 Å². The fourth-order valence-electron chi connectivity index (χ4n) is 1.59. The van der Waals surface area contributed by atoms with Gasteiger partial charge >= 0.3 is 5.97 Å². The summed E-state index contributed by atoms with van der Waals surface area (Å²) in [5, 5.41) is 9.03. The number of aliphatic carboxylic acids is 1. The van der Waals surface area contributed by atoms with Crippen molar-refractivity contribution >= 4 is 17.3 Å². The van der Waals surface area contributed by atoms with Gasteiger partial charge < -0.3 is 5.11 Å². The lowest BCUT2D eigenvalue weighted by atomic mass is 9.91. The van der Waals surface area contributed by atoms with E-state index in [0.717, 1.165) is 12.1 Å². The predicted molar refractivity (Wildman–Crippen MR) is 61.1 cm³/mol. The number of aryl methyl sites for hydroxylation is 2. The van der Waals surface area contributed by atoms with Crippen molar-refractivity contribution in [1.82, 2.24) is 4.98 Å². The summed E-state index contributed by atoms with van der Waals surface area (Å²) in [4.78, 5) is 16.3. The van der Waals surface area contributed by atoms with E-state index < -0.39 is 5.97 Å². The van der Waals surface area contributed by atoms with Crippen molar-refractivity contribution < 1.29 is 9.90 Å². The predicted octanol–water partition coefficient (Wildman–Crippen LogP) is 2.74. The Labute approximate surface area is 94.2 Å². The molecule has 1 N–H and O–H groups in total. The highest BCUT2D eigenvalue weighted by Gasteiger charge is 2.21. The Bertz CT molecular complexity index is 333. The van der Waals surface area contributed by atoms with E-state index in [-0.39, 0.29) is 11.8 Å². The fourth-order valence-corrected chi connectivity index (χ4v) is 2.39. The van der Waals surface area contributed by atoms with E-state index in [1.54, 1.807) is 11.3 Å². The van der Waals surface area contributed by atoms with Crippen LogP contribution in [0.25, 0.3) is 0 Å². The van der Waals surface area contributed by atoms with Crippen LogP contribution in [-0.2, 0) is 11.2 Å². The van der Waals surface area contributed by atoms with Crippen molar-refractivity contribution in [1.29, 1.82) is 0 Å². The number of nitrogens with zero attached hydrogens (tertiary/aromatic N) is 1. The van der Waals surface area contributed by atoms with Crippen molar-refractivity contribution in [3.63, 3.8) is 0 Å².